The number of alkyl halides is 3. The van der Waals surface area contributed by atoms with Gasteiger partial charge in [0.1, 0.15) is 5.82 Å². The second-order valence-corrected chi connectivity index (χ2v) is 6.26. The maximum absolute atomic E-state index is 13.4. The molecule has 0 spiro atoms. The Morgan fingerprint density at radius 3 is 2.41 bits per heavy atom. The van der Waals surface area contributed by atoms with E-state index in [1.165, 1.54) is 24.0 Å². The van der Waals surface area contributed by atoms with Gasteiger partial charge in [-0.15, -0.1) is 0 Å². The molecule has 0 aliphatic heterocycles. The van der Waals surface area contributed by atoms with Crippen molar-refractivity contribution in [3.05, 3.63) is 66.5 Å². The van der Waals surface area contributed by atoms with Gasteiger partial charge >= 0.3 is 6.18 Å². The van der Waals surface area contributed by atoms with Gasteiger partial charge in [-0.05, 0) is 30.3 Å². The van der Waals surface area contributed by atoms with E-state index in [-0.39, 0.29) is 6.54 Å². The molecule has 6 nitrogen and oxygen atoms in total. The zero-order valence-corrected chi connectivity index (χ0v) is 14.7. The molecule has 27 heavy (non-hydrogen) atoms. The summed E-state index contributed by atoms with van der Waals surface area (Å²) in [6, 6.07) is 9.32. The van der Waals surface area contributed by atoms with Gasteiger partial charge in [-0.3, -0.25) is 0 Å². The molecule has 0 amide bonds. The minimum absolute atomic E-state index is 0.0240. The number of aryl methyl sites for hydroxylation is 1. The van der Waals surface area contributed by atoms with Crippen molar-refractivity contribution in [2.75, 3.05) is 6.54 Å². The third kappa shape index (κ3) is 4.04. The van der Waals surface area contributed by atoms with Gasteiger partial charge in [0.05, 0.1) is 5.69 Å². The molecule has 3 rings (SSSR count). The molecule has 2 N–H and O–H groups in total. The van der Waals surface area contributed by atoms with Crippen LogP contribution in [0.4, 0.5) is 13.2 Å². The first-order valence-corrected chi connectivity index (χ1v) is 8.38. The van der Waals surface area contributed by atoms with E-state index in [4.69, 9.17) is 0 Å². The summed E-state index contributed by atoms with van der Waals surface area (Å²) in [4.78, 5) is 3.68. The fourth-order valence-electron chi connectivity index (χ4n) is 2.83. The van der Waals surface area contributed by atoms with Crippen molar-refractivity contribution in [2.45, 2.75) is 24.7 Å². The lowest BCUT2D eigenvalue weighted by molar-refractivity contribution is -0.272. The number of nitrogens with zero attached hydrogens (tertiary/aromatic N) is 4. The van der Waals surface area contributed by atoms with Gasteiger partial charge in [0, 0.05) is 44.8 Å². The number of imidazole rings is 1. The smallest absolute Gasteiger partial charge is 0.374 e. The summed E-state index contributed by atoms with van der Waals surface area (Å²) >= 11 is 0. The summed E-state index contributed by atoms with van der Waals surface area (Å²) in [5, 5.41) is 17.3. The van der Waals surface area contributed by atoms with Crippen LogP contribution in [0.5, 0.6) is 0 Å². The predicted octanol–water partition coefficient (Wildman–Crippen LogP) is 2.54. The number of aromatic nitrogens is 4. The number of rotatable bonds is 7. The van der Waals surface area contributed by atoms with Crippen molar-refractivity contribution in [2.24, 2.45) is 7.05 Å². The Bertz CT molecular complexity index is 858. The molecule has 0 aliphatic carbocycles. The van der Waals surface area contributed by atoms with E-state index in [0.717, 1.165) is 11.3 Å². The molecule has 3 aromatic rings. The van der Waals surface area contributed by atoms with E-state index < -0.39 is 24.0 Å². The van der Waals surface area contributed by atoms with Crippen LogP contribution in [-0.2, 0) is 19.2 Å². The lowest BCUT2D eigenvalue weighted by Crippen LogP contribution is -2.46. The van der Waals surface area contributed by atoms with Crippen LogP contribution < -0.4 is 5.32 Å². The highest BCUT2D eigenvalue weighted by atomic mass is 19.4. The number of halogens is 3. The van der Waals surface area contributed by atoms with Crippen molar-refractivity contribution >= 4 is 0 Å². The minimum Gasteiger partial charge on any atom is -0.374 e. The van der Waals surface area contributed by atoms with Crippen LogP contribution in [-0.4, -0.2) is 37.2 Å². The molecule has 1 atom stereocenters. The zero-order valence-electron chi connectivity index (χ0n) is 14.7. The second kappa shape index (κ2) is 7.53. The van der Waals surface area contributed by atoms with Gasteiger partial charge in [-0.25, -0.2) is 9.67 Å². The number of nitrogens with one attached hydrogen (secondary N) is 1. The van der Waals surface area contributed by atoms with Gasteiger partial charge in [0.15, 0.2) is 0 Å². The first-order chi connectivity index (χ1) is 12.8. The maximum atomic E-state index is 13.4. The Balaban J connectivity index is 1.59. The number of hydrogen-bond donors (Lipinski definition) is 2. The quantitative estimate of drug-likeness (QED) is 0.619. The fourth-order valence-corrected chi connectivity index (χ4v) is 2.83. The van der Waals surface area contributed by atoms with Crippen molar-refractivity contribution in [3.63, 3.8) is 0 Å². The van der Waals surface area contributed by atoms with E-state index in [2.05, 4.69) is 15.4 Å². The SMILES string of the molecule is Cn1ccnc1[C@](O)(CCNCc1ccc(-n2cccn2)cc1)C(F)(F)F. The second-order valence-electron chi connectivity index (χ2n) is 6.26. The van der Waals surface area contributed by atoms with E-state index in [9.17, 15) is 18.3 Å². The lowest BCUT2D eigenvalue weighted by Gasteiger charge is -2.30. The van der Waals surface area contributed by atoms with Crippen LogP contribution in [0, 0.1) is 0 Å². The zero-order chi connectivity index (χ0) is 19.5. The summed E-state index contributed by atoms with van der Waals surface area (Å²) < 4.78 is 43.2. The molecule has 2 aromatic heterocycles. The summed E-state index contributed by atoms with van der Waals surface area (Å²) in [7, 11) is 1.42. The molecular formula is C18H20F3N5O. The van der Waals surface area contributed by atoms with Crippen LogP contribution in [0.3, 0.4) is 0 Å². The molecule has 144 valence electrons. The van der Waals surface area contributed by atoms with Crippen molar-refractivity contribution < 1.29 is 18.3 Å². The molecule has 0 aliphatic rings. The van der Waals surface area contributed by atoms with Gasteiger partial charge < -0.3 is 15.0 Å². The summed E-state index contributed by atoms with van der Waals surface area (Å²) in [6.07, 6.45) is 0.759. The highest BCUT2D eigenvalue weighted by molar-refractivity contribution is 5.33. The Morgan fingerprint density at radius 1 is 1.11 bits per heavy atom. The molecule has 2 heterocycles. The maximum Gasteiger partial charge on any atom is 0.424 e. The highest BCUT2D eigenvalue weighted by Gasteiger charge is 2.56. The van der Waals surface area contributed by atoms with Crippen LogP contribution in [0.25, 0.3) is 5.69 Å². The minimum atomic E-state index is -4.82. The first kappa shape index (κ1) is 19.1. The Morgan fingerprint density at radius 2 is 1.85 bits per heavy atom. The average molecular weight is 379 g/mol. The van der Waals surface area contributed by atoms with Crippen LogP contribution in [0.1, 0.15) is 17.8 Å². The molecule has 9 heteroatoms. The predicted molar refractivity (Wildman–Crippen MR) is 93.0 cm³/mol. The van der Waals surface area contributed by atoms with E-state index >= 15 is 0 Å². The molecule has 0 bridgehead atoms. The van der Waals surface area contributed by atoms with Crippen LogP contribution in [0.15, 0.2) is 55.1 Å². The Hall–Kier alpha value is -2.65. The standard InChI is InChI=1S/C18H20F3N5O/c1-25-12-10-23-16(25)17(27,18(19,20)21)7-9-22-13-14-3-5-15(6-4-14)26-11-2-8-24-26/h2-6,8,10-12,22,27H,7,9,13H2,1H3/t17-/m1/s1. The monoisotopic (exact) mass is 379 g/mol. The third-order valence-electron chi connectivity index (χ3n) is 4.36. The Kier molecular flexibility index (Phi) is 5.33. The van der Waals surface area contributed by atoms with Gasteiger partial charge in [0.25, 0.3) is 0 Å². The molecule has 0 saturated carbocycles. The number of hydrogen-bond acceptors (Lipinski definition) is 4. The van der Waals surface area contributed by atoms with Gasteiger partial charge in [-0.1, -0.05) is 12.1 Å². The fraction of sp³-hybridized carbons (Fsp3) is 0.333. The highest BCUT2D eigenvalue weighted by Crippen LogP contribution is 2.40. The Labute approximate surface area is 154 Å². The van der Waals surface area contributed by atoms with Crippen LogP contribution in [0.2, 0.25) is 0 Å². The molecule has 1 aromatic carbocycles. The molecule has 0 radical (unpaired) electrons. The van der Waals surface area contributed by atoms with Crippen LogP contribution >= 0.6 is 0 Å². The normalized spacial score (nSPS) is 14.3. The first-order valence-electron chi connectivity index (χ1n) is 8.38. The van der Waals surface area contributed by atoms with Gasteiger partial charge in [-0.2, -0.15) is 18.3 Å². The summed E-state index contributed by atoms with van der Waals surface area (Å²) in [6.45, 7) is 0.359. The van der Waals surface area contributed by atoms with E-state index in [0.29, 0.717) is 6.54 Å². The average Bonchev–Trinajstić information content (AvgIpc) is 3.30. The van der Waals surface area contributed by atoms with Crippen molar-refractivity contribution in [1.82, 2.24) is 24.6 Å². The third-order valence-corrected chi connectivity index (χ3v) is 4.36. The van der Waals surface area contributed by atoms with E-state index in [1.807, 2.05) is 36.5 Å². The topological polar surface area (TPSA) is 67.9 Å². The number of benzene rings is 1. The van der Waals surface area contributed by atoms with Crippen molar-refractivity contribution in [1.29, 1.82) is 0 Å². The largest absolute Gasteiger partial charge is 0.424 e. The molecule has 0 fully saturated rings. The molecule has 0 saturated heterocycles. The van der Waals surface area contributed by atoms with Crippen molar-refractivity contribution in [3.8, 4) is 5.69 Å². The lowest BCUT2D eigenvalue weighted by atomic mass is 9.97. The number of aliphatic hydroxyl groups is 1. The summed E-state index contributed by atoms with van der Waals surface area (Å²) in [5.41, 5.74) is -1.19. The molecule has 0 unspecified atom stereocenters. The molecular weight excluding hydrogens is 359 g/mol. The summed E-state index contributed by atoms with van der Waals surface area (Å²) in [5.74, 6) is -0.416. The van der Waals surface area contributed by atoms with E-state index in [1.54, 1.807) is 10.9 Å². The van der Waals surface area contributed by atoms with Gasteiger partial charge in [0.2, 0.25) is 5.60 Å².